The van der Waals surface area contributed by atoms with E-state index in [2.05, 4.69) is 29.0 Å². The molecule has 3 atom stereocenters. The van der Waals surface area contributed by atoms with Crippen molar-refractivity contribution in [3.8, 4) is 0 Å². The second-order valence-electron chi connectivity index (χ2n) is 11.4. The second kappa shape index (κ2) is 9.73. The number of carbonyl (C=O) groups is 2. The van der Waals surface area contributed by atoms with Crippen LogP contribution >= 0.6 is 0 Å². The van der Waals surface area contributed by atoms with Crippen molar-refractivity contribution < 1.29 is 18.4 Å². The average molecular weight is 492 g/mol. The van der Waals surface area contributed by atoms with Gasteiger partial charge in [0.05, 0.1) is 12.2 Å². The second-order valence-corrected chi connectivity index (χ2v) is 11.4. The number of rotatable bonds is 7. The first-order valence-corrected chi connectivity index (χ1v) is 12.9. The average Bonchev–Trinajstić information content (AvgIpc) is 3.24. The Labute approximate surface area is 207 Å². The first-order chi connectivity index (χ1) is 16.4. The highest BCUT2D eigenvalue weighted by molar-refractivity contribution is 5.97. The number of anilines is 1. The van der Waals surface area contributed by atoms with Crippen LogP contribution in [0.2, 0.25) is 0 Å². The number of likely N-dealkylation sites (tertiary alicyclic amines) is 1. The van der Waals surface area contributed by atoms with E-state index >= 15 is 0 Å². The van der Waals surface area contributed by atoms with Crippen molar-refractivity contribution in [3.63, 3.8) is 0 Å². The standard InChI is InChI=1S/C26H39F2N5O2/c1-6-7-26(27,28)22-9-21-20(11-30-22)25(4,5)16-33(21)24(35)15-31-13-18(3)29-10-19(31)14-32-12-17(2)8-23(32)34/h9,11,17-19,29H,6-8,10,12-16H2,1-5H3/t17?,18-,19-/m1/s1. The normalized spacial score (nSPS) is 26.9. The highest BCUT2D eigenvalue weighted by Gasteiger charge is 2.42. The van der Waals surface area contributed by atoms with Crippen LogP contribution in [0.3, 0.4) is 0 Å². The highest BCUT2D eigenvalue weighted by atomic mass is 19.3. The van der Waals surface area contributed by atoms with Gasteiger partial charge in [-0.05, 0) is 18.9 Å². The Balaban J connectivity index is 1.54. The largest absolute Gasteiger partial charge is 0.341 e. The van der Waals surface area contributed by atoms with Gasteiger partial charge in [-0.1, -0.05) is 34.1 Å². The molecule has 1 N–H and O–H groups in total. The smallest absolute Gasteiger partial charge is 0.289 e. The summed E-state index contributed by atoms with van der Waals surface area (Å²) in [6, 6.07) is 1.67. The van der Waals surface area contributed by atoms with Gasteiger partial charge in [-0.25, -0.2) is 0 Å². The topological polar surface area (TPSA) is 68.8 Å². The fraction of sp³-hybridized carbons (Fsp3) is 0.731. The molecule has 1 aromatic rings. The van der Waals surface area contributed by atoms with Crippen LogP contribution in [0.15, 0.2) is 12.3 Å². The van der Waals surface area contributed by atoms with Gasteiger partial charge in [0.15, 0.2) is 0 Å². The Bertz CT molecular complexity index is 969. The van der Waals surface area contributed by atoms with Gasteiger partial charge in [0.2, 0.25) is 11.8 Å². The number of alkyl halides is 2. The molecule has 2 saturated heterocycles. The van der Waals surface area contributed by atoms with Crippen LogP contribution in [0.1, 0.15) is 65.1 Å². The summed E-state index contributed by atoms with van der Waals surface area (Å²) < 4.78 is 29.3. The number of fused-ring (bicyclic) bond motifs is 1. The Morgan fingerprint density at radius 3 is 2.69 bits per heavy atom. The lowest BCUT2D eigenvalue weighted by Crippen LogP contribution is -2.61. The van der Waals surface area contributed by atoms with Gasteiger partial charge in [0.1, 0.15) is 5.69 Å². The number of aromatic nitrogens is 1. The summed E-state index contributed by atoms with van der Waals surface area (Å²) in [4.78, 5) is 35.8. The molecular formula is C26H39F2N5O2. The number of hydrogen-bond donors (Lipinski definition) is 1. The van der Waals surface area contributed by atoms with Crippen molar-refractivity contribution in [2.75, 3.05) is 44.2 Å². The molecule has 4 heterocycles. The molecule has 1 unspecified atom stereocenters. The van der Waals surface area contributed by atoms with Crippen molar-refractivity contribution >= 4 is 17.5 Å². The number of piperazine rings is 1. The third-order valence-corrected chi connectivity index (χ3v) is 7.60. The third-order valence-electron chi connectivity index (χ3n) is 7.60. The fourth-order valence-corrected chi connectivity index (χ4v) is 5.68. The summed E-state index contributed by atoms with van der Waals surface area (Å²) in [6.45, 7) is 13.3. The highest BCUT2D eigenvalue weighted by Crippen LogP contribution is 2.43. The first-order valence-electron chi connectivity index (χ1n) is 12.9. The molecule has 2 amide bonds. The number of carbonyl (C=O) groups excluding carboxylic acids is 2. The van der Waals surface area contributed by atoms with Crippen LogP contribution in [0.4, 0.5) is 14.5 Å². The molecule has 4 rings (SSSR count). The van der Waals surface area contributed by atoms with E-state index in [-0.39, 0.29) is 48.0 Å². The molecule has 0 aliphatic carbocycles. The number of nitrogens with zero attached hydrogens (tertiary/aromatic N) is 4. The molecule has 35 heavy (non-hydrogen) atoms. The minimum Gasteiger partial charge on any atom is -0.341 e. The zero-order valence-corrected chi connectivity index (χ0v) is 21.6. The SMILES string of the molecule is CCCC(F)(F)c1cc2c(cn1)C(C)(C)CN2C(=O)CN1C[C@@H](C)NC[C@@H]1CN1CC(C)CC1=O. The van der Waals surface area contributed by atoms with Gasteiger partial charge in [0, 0.05) is 74.8 Å². The quantitative estimate of drug-likeness (QED) is 0.635. The van der Waals surface area contributed by atoms with Crippen molar-refractivity contribution in [3.05, 3.63) is 23.5 Å². The van der Waals surface area contributed by atoms with Gasteiger partial charge in [-0.3, -0.25) is 19.5 Å². The van der Waals surface area contributed by atoms with Gasteiger partial charge in [0.25, 0.3) is 5.92 Å². The van der Waals surface area contributed by atoms with Gasteiger partial charge in [-0.2, -0.15) is 8.78 Å². The van der Waals surface area contributed by atoms with Crippen molar-refractivity contribution in [1.82, 2.24) is 20.1 Å². The zero-order valence-electron chi connectivity index (χ0n) is 21.6. The van der Waals surface area contributed by atoms with Crippen LogP contribution in [0.25, 0.3) is 0 Å². The summed E-state index contributed by atoms with van der Waals surface area (Å²) in [7, 11) is 0. The lowest BCUT2D eigenvalue weighted by Gasteiger charge is -2.41. The summed E-state index contributed by atoms with van der Waals surface area (Å²) in [5, 5.41) is 3.47. The summed E-state index contributed by atoms with van der Waals surface area (Å²) >= 11 is 0. The molecule has 9 heteroatoms. The van der Waals surface area contributed by atoms with Crippen molar-refractivity contribution in [2.45, 2.75) is 77.3 Å². The van der Waals surface area contributed by atoms with E-state index in [1.54, 1.807) is 11.8 Å². The monoisotopic (exact) mass is 491 g/mol. The maximum Gasteiger partial charge on any atom is 0.289 e. The van der Waals surface area contributed by atoms with E-state index < -0.39 is 5.92 Å². The molecule has 0 spiro atoms. The Morgan fingerprint density at radius 1 is 1.29 bits per heavy atom. The summed E-state index contributed by atoms with van der Waals surface area (Å²) in [6.07, 6.45) is 2.18. The number of nitrogens with one attached hydrogen (secondary N) is 1. The van der Waals surface area contributed by atoms with E-state index in [1.807, 2.05) is 18.7 Å². The molecule has 3 aliphatic heterocycles. The van der Waals surface area contributed by atoms with Crippen molar-refractivity contribution in [1.29, 1.82) is 0 Å². The molecule has 2 fully saturated rings. The van der Waals surface area contributed by atoms with Crippen LogP contribution in [0, 0.1) is 5.92 Å². The third kappa shape index (κ3) is 5.35. The predicted molar refractivity (Wildman–Crippen MR) is 132 cm³/mol. The minimum atomic E-state index is -3.02. The molecule has 0 saturated carbocycles. The van der Waals surface area contributed by atoms with E-state index in [0.29, 0.717) is 50.6 Å². The van der Waals surface area contributed by atoms with E-state index in [9.17, 15) is 18.4 Å². The zero-order chi connectivity index (χ0) is 25.5. The number of halogens is 2. The van der Waals surface area contributed by atoms with Crippen LogP contribution in [0.5, 0.6) is 0 Å². The van der Waals surface area contributed by atoms with Crippen LogP contribution < -0.4 is 10.2 Å². The maximum atomic E-state index is 14.7. The Morgan fingerprint density at radius 2 is 2.03 bits per heavy atom. The van der Waals surface area contributed by atoms with E-state index in [1.165, 1.54) is 12.3 Å². The first kappa shape index (κ1) is 25.9. The molecule has 0 radical (unpaired) electrons. The fourth-order valence-electron chi connectivity index (χ4n) is 5.68. The molecule has 7 nitrogen and oxygen atoms in total. The van der Waals surface area contributed by atoms with Crippen LogP contribution in [-0.2, 0) is 20.9 Å². The van der Waals surface area contributed by atoms with Crippen molar-refractivity contribution in [2.24, 2.45) is 5.92 Å². The minimum absolute atomic E-state index is 0.0290. The number of pyridine rings is 1. The molecular weight excluding hydrogens is 452 g/mol. The molecule has 0 bridgehead atoms. The van der Waals surface area contributed by atoms with Gasteiger partial charge < -0.3 is 15.1 Å². The lowest BCUT2D eigenvalue weighted by atomic mass is 9.88. The maximum absolute atomic E-state index is 14.7. The summed E-state index contributed by atoms with van der Waals surface area (Å²) in [5.74, 6) is -2.60. The van der Waals surface area contributed by atoms with E-state index in [0.717, 1.165) is 12.1 Å². The van der Waals surface area contributed by atoms with E-state index in [4.69, 9.17) is 0 Å². The molecule has 3 aliphatic rings. The molecule has 0 aromatic carbocycles. The van der Waals surface area contributed by atoms with Crippen LogP contribution in [-0.4, -0.2) is 78.0 Å². The molecule has 194 valence electrons. The number of amides is 2. The van der Waals surface area contributed by atoms with Gasteiger partial charge in [-0.15, -0.1) is 0 Å². The predicted octanol–water partition coefficient (Wildman–Crippen LogP) is 3.13. The Hall–Kier alpha value is -2.13. The lowest BCUT2D eigenvalue weighted by molar-refractivity contribution is -0.128. The number of hydrogen-bond acceptors (Lipinski definition) is 5. The molecule has 1 aromatic heterocycles. The Kier molecular flexibility index (Phi) is 7.21. The van der Waals surface area contributed by atoms with Gasteiger partial charge >= 0.3 is 0 Å². The summed E-state index contributed by atoms with van der Waals surface area (Å²) in [5.41, 5.74) is 0.724.